The third-order valence-electron chi connectivity index (χ3n) is 2.66. The first kappa shape index (κ1) is 12.4. The highest BCUT2D eigenvalue weighted by Gasteiger charge is 2.29. The third-order valence-corrected chi connectivity index (χ3v) is 2.66. The zero-order valence-corrected chi connectivity index (χ0v) is 9.62. The predicted molar refractivity (Wildman–Crippen MR) is 63.8 cm³/mol. The normalized spacial score (nSPS) is 11.6. The van der Waals surface area contributed by atoms with Gasteiger partial charge in [-0.05, 0) is 36.2 Å². The van der Waals surface area contributed by atoms with Crippen LogP contribution in [0, 0.1) is 6.92 Å². The number of aryl methyl sites for hydroxylation is 1. The Bertz CT molecular complexity index is 559. The fraction of sp³-hybridized carbons (Fsp3) is 0.154. The lowest BCUT2D eigenvalue weighted by Gasteiger charge is -2.09. The van der Waals surface area contributed by atoms with Crippen molar-refractivity contribution in [3.63, 3.8) is 0 Å². The van der Waals surface area contributed by atoms with Gasteiger partial charge in [0, 0.05) is 11.8 Å². The topological polar surface area (TPSA) is 38.9 Å². The molecule has 2 aromatic rings. The van der Waals surface area contributed by atoms with E-state index in [0.29, 0.717) is 11.4 Å². The summed E-state index contributed by atoms with van der Waals surface area (Å²) in [6, 6.07) is 6.68. The molecule has 0 aliphatic heterocycles. The molecule has 0 bridgehead atoms. The SMILES string of the molecule is Cc1cc(N)ncc1-c1ccc(C(F)(F)F)cc1. The zero-order chi connectivity index (χ0) is 13.3. The van der Waals surface area contributed by atoms with E-state index in [-0.39, 0.29) is 0 Å². The van der Waals surface area contributed by atoms with E-state index in [9.17, 15) is 13.2 Å². The quantitative estimate of drug-likeness (QED) is 0.841. The van der Waals surface area contributed by atoms with Crippen molar-refractivity contribution in [3.05, 3.63) is 47.7 Å². The zero-order valence-electron chi connectivity index (χ0n) is 9.62. The molecule has 0 amide bonds. The van der Waals surface area contributed by atoms with Gasteiger partial charge in [0.25, 0.3) is 0 Å². The van der Waals surface area contributed by atoms with Crippen LogP contribution in [0.1, 0.15) is 11.1 Å². The van der Waals surface area contributed by atoms with Crippen molar-refractivity contribution < 1.29 is 13.2 Å². The van der Waals surface area contributed by atoms with E-state index in [0.717, 1.165) is 23.3 Å². The Morgan fingerprint density at radius 3 is 2.22 bits per heavy atom. The number of hydrogen-bond donors (Lipinski definition) is 1. The van der Waals surface area contributed by atoms with Crippen LogP contribution in [0.25, 0.3) is 11.1 Å². The number of aromatic nitrogens is 1. The average molecular weight is 252 g/mol. The molecule has 1 aromatic heterocycles. The largest absolute Gasteiger partial charge is 0.416 e. The van der Waals surface area contributed by atoms with Crippen molar-refractivity contribution in [1.82, 2.24) is 4.98 Å². The van der Waals surface area contributed by atoms with Gasteiger partial charge < -0.3 is 5.73 Å². The summed E-state index contributed by atoms with van der Waals surface area (Å²) in [6.07, 6.45) is -2.75. The van der Waals surface area contributed by atoms with Gasteiger partial charge in [-0.25, -0.2) is 4.98 Å². The van der Waals surface area contributed by atoms with Crippen LogP contribution in [0.2, 0.25) is 0 Å². The molecule has 0 spiro atoms. The smallest absolute Gasteiger partial charge is 0.384 e. The van der Waals surface area contributed by atoms with E-state index in [1.165, 1.54) is 12.1 Å². The molecule has 18 heavy (non-hydrogen) atoms. The molecule has 2 rings (SSSR count). The molecule has 94 valence electrons. The Balaban J connectivity index is 2.41. The number of nitrogens with zero attached hydrogens (tertiary/aromatic N) is 1. The number of benzene rings is 1. The summed E-state index contributed by atoms with van der Waals surface area (Å²) in [5.74, 6) is 0.392. The molecule has 0 fully saturated rings. The molecule has 0 saturated carbocycles. The predicted octanol–water partition coefficient (Wildman–Crippen LogP) is 3.66. The fourth-order valence-corrected chi connectivity index (χ4v) is 1.72. The first-order chi connectivity index (χ1) is 8.38. The Kier molecular flexibility index (Phi) is 2.98. The van der Waals surface area contributed by atoms with Gasteiger partial charge in [0.1, 0.15) is 5.82 Å². The average Bonchev–Trinajstić information content (AvgIpc) is 2.28. The Hall–Kier alpha value is -2.04. The molecule has 0 aliphatic carbocycles. The minimum atomic E-state index is -4.31. The molecule has 5 heteroatoms. The lowest BCUT2D eigenvalue weighted by atomic mass is 10.0. The molecule has 0 aliphatic rings. The van der Waals surface area contributed by atoms with Gasteiger partial charge in [0.05, 0.1) is 5.56 Å². The first-order valence-electron chi connectivity index (χ1n) is 5.27. The lowest BCUT2D eigenvalue weighted by molar-refractivity contribution is -0.137. The van der Waals surface area contributed by atoms with Gasteiger partial charge in [-0.1, -0.05) is 12.1 Å². The molecule has 2 nitrogen and oxygen atoms in total. The maximum Gasteiger partial charge on any atom is 0.416 e. The second-order valence-electron chi connectivity index (χ2n) is 4.00. The minimum absolute atomic E-state index is 0.392. The van der Waals surface area contributed by atoms with Crippen LogP contribution in [-0.2, 0) is 6.18 Å². The molecule has 0 atom stereocenters. The third kappa shape index (κ3) is 2.45. The molecule has 1 aromatic carbocycles. The number of nitrogen functional groups attached to an aromatic ring is 1. The number of alkyl halides is 3. The number of rotatable bonds is 1. The highest BCUT2D eigenvalue weighted by Crippen LogP contribution is 2.31. The monoisotopic (exact) mass is 252 g/mol. The maximum atomic E-state index is 12.4. The van der Waals surface area contributed by atoms with Crippen LogP contribution >= 0.6 is 0 Å². The van der Waals surface area contributed by atoms with E-state index in [2.05, 4.69) is 4.98 Å². The van der Waals surface area contributed by atoms with Gasteiger partial charge >= 0.3 is 6.18 Å². The Morgan fingerprint density at radius 2 is 1.72 bits per heavy atom. The van der Waals surface area contributed by atoms with Gasteiger partial charge in [0.15, 0.2) is 0 Å². The maximum absolute atomic E-state index is 12.4. The van der Waals surface area contributed by atoms with Gasteiger partial charge in [-0.15, -0.1) is 0 Å². The van der Waals surface area contributed by atoms with Crippen molar-refractivity contribution in [2.75, 3.05) is 5.73 Å². The van der Waals surface area contributed by atoms with Crippen LogP contribution in [0.5, 0.6) is 0 Å². The van der Waals surface area contributed by atoms with Gasteiger partial charge in [-0.2, -0.15) is 13.2 Å². The molecular formula is C13H11F3N2. The number of hydrogen-bond acceptors (Lipinski definition) is 2. The highest BCUT2D eigenvalue weighted by molar-refractivity contribution is 5.67. The summed E-state index contributed by atoms with van der Waals surface area (Å²) < 4.78 is 37.3. The molecule has 2 N–H and O–H groups in total. The highest BCUT2D eigenvalue weighted by atomic mass is 19.4. The van der Waals surface area contributed by atoms with Crippen molar-refractivity contribution in [1.29, 1.82) is 0 Å². The molecule has 0 saturated heterocycles. The van der Waals surface area contributed by atoms with Crippen molar-refractivity contribution in [2.24, 2.45) is 0 Å². The summed E-state index contributed by atoms with van der Waals surface area (Å²) >= 11 is 0. The van der Waals surface area contributed by atoms with Crippen molar-refractivity contribution in [3.8, 4) is 11.1 Å². The van der Waals surface area contributed by atoms with Crippen molar-refractivity contribution in [2.45, 2.75) is 13.1 Å². The van der Waals surface area contributed by atoms with E-state index in [4.69, 9.17) is 5.73 Å². The van der Waals surface area contributed by atoms with Crippen molar-refractivity contribution >= 4 is 5.82 Å². The van der Waals surface area contributed by atoms with Crippen LogP contribution < -0.4 is 5.73 Å². The first-order valence-corrected chi connectivity index (χ1v) is 5.27. The Labute approximate surface area is 102 Å². The van der Waals surface area contributed by atoms with Gasteiger partial charge in [0.2, 0.25) is 0 Å². The van der Waals surface area contributed by atoms with Crippen LogP contribution in [0.3, 0.4) is 0 Å². The molecular weight excluding hydrogens is 241 g/mol. The second-order valence-corrected chi connectivity index (χ2v) is 4.00. The minimum Gasteiger partial charge on any atom is -0.384 e. The van der Waals surface area contributed by atoms with E-state index in [1.54, 1.807) is 12.3 Å². The summed E-state index contributed by atoms with van der Waals surface area (Å²) in [7, 11) is 0. The molecule has 0 unspecified atom stereocenters. The molecule has 1 heterocycles. The summed E-state index contributed by atoms with van der Waals surface area (Å²) in [4.78, 5) is 3.94. The van der Waals surface area contributed by atoms with Gasteiger partial charge in [-0.3, -0.25) is 0 Å². The number of pyridine rings is 1. The Morgan fingerprint density at radius 1 is 1.11 bits per heavy atom. The standard InChI is InChI=1S/C13H11F3N2/c1-8-6-12(17)18-7-11(8)9-2-4-10(5-3-9)13(14,15)16/h2-7H,1H3,(H2,17,18). The van der Waals surface area contributed by atoms with Crippen LogP contribution in [-0.4, -0.2) is 4.98 Å². The number of anilines is 1. The molecule has 0 radical (unpaired) electrons. The second kappa shape index (κ2) is 4.33. The fourth-order valence-electron chi connectivity index (χ4n) is 1.72. The summed E-state index contributed by atoms with van der Waals surface area (Å²) in [5, 5.41) is 0. The summed E-state index contributed by atoms with van der Waals surface area (Å²) in [6.45, 7) is 1.84. The summed E-state index contributed by atoms with van der Waals surface area (Å²) in [5.41, 5.74) is 7.21. The van der Waals surface area contributed by atoms with Crippen LogP contribution in [0.15, 0.2) is 36.5 Å². The number of halogens is 3. The number of nitrogens with two attached hydrogens (primary N) is 1. The van der Waals surface area contributed by atoms with E-state index < -0.39 is 11.7 Å². The van der Waals surface area contributed by atoms with Crippen LogP contribution in [0.4, 0.5) is 19.0 Å². The lowest BCUT2D eigenvalue weighted by Crippen LogP contribution is -2.04. The van der Waals surface area contributed by atoms with E-state index >= 15 is 0 Å². The van der Waals surface area contributed by atoms with E-state index in [1.807, 2.05) is 6.92 Å².